The van der Waals surface area contributed by atoms with E-state index in [-0.39, 0.29) is 5.91 Å². The number of carbonyl (C=O) groups is 1. The number of nitrogens with one attached hydrogen (secondary N) is 3. The molecule has 2 atom stereocenters. The fraction of sp³-hybridized carbons (Fsp3) is 0.556. The number of hydrogen-bond donors (Lipinski definition) is 3. The van der Waals surface area contributed by atoms with Crippen molar-refractivity contribution < 1.29 is 14.3 Å². The van der Waals surface area contributed by atoms with Crippen LogP contribution in [0.2, 0.25) is 0 Å². The van der Waals surface area contributed by atoms with Crippen LogP contribution in [-0.4, -0.2) is 30.8 Å². The van der Waals surface area contributed by atoms with E-state index in [9.17, 15) is 4.79 Å². The lowest BCUT2D eigenvalue weighted by Gasteiger charge is -2.30. The molecule has 0 bridgehead atoms. The van der Waals surface area contributed by atoms with Gasteiger partial charge in [-0.25, -0.2) is 0 Å². The van der Waals surface area contributed by atoms with E-state index >= 15 is 0 Å². The van der Waals surface area contributed by atoms with Crippen LogP contribution < -0.4 is 25.6 Å². The van der Waals surface area contributed by atoms with E-state index in [0.717, 1.165) is 6.42 Å². The quantitative estimate of drug-likeness (QED) is 0.551. The molecule has 1 saturated carbocycles. The van der Waals surface area contributed by atoms with Crippen LogP contribution in [-0.2, 0) is 0 Å². The maximum Gasteiger partial charge on any atom is 0.269 e. The highest BCUT2D eigenvalue weighted by atomic mass is 32.1. The molecule has 138 valence electrons. The third kappa shape index (κ3) is 5.49. The first kappa shape index (κ1) is 19.3. The van der Waals surface area contributed by atoms with Crippen molar-refractivity contribution in [3.63, 3.8) is 0 Å². The zero-order chi connectivity index (χ0) is 18.2. The summed E-state index contributed by atoms with van der Waals surface area (Å²) in [5.41, 5.74) is 5.85. The van der Waals surface area contributed by atoms with Gasteiger partial charge in [-0.3, -0.25) is 15.6 Å². The minimum Gasteiger partial charge on any atom is -0.493 e. The lowest BCUT2D eigenvalue weighted by atomic mass is 9.86. The fourth-order valence-corrected chi connectivity index (χ4v) is 3.21. The second-order valence-electron chi connectivity index (χ2n) is 6.22. The summed E-state index contributed by atoms with van der Waals surface area (Å²) >= 11 is 5.28. The van der Waals surface area contributed by atoms with Crippen molar-refractivity contribution in [3.05, 3.63) is 23.8 Å². The SMILES string of the molecule is CCOc1ccc(C(=O)NNC(=S)N[C@@H]2CCCC[C@@H]2C)cc1OC. The van der Waals surface area contributed by atoms with Crippen molar-refractivity contribution >= 4 is 23.2 Å². The van der Waals surface area contributed by atoms with Gasteiger partial charge in [0, 0.05) is 11.6 Å². The van der Waals surface area contributed by atoms with Gasteiger partial charge < -0.3 is 14.8 Å². The average Bonchev–Trinajstić information content (AvgIpc) is 2.62. The molecule has 1 aliphatic rings. The molecule has 0 unspecified atom stereocenters. The summed E-state index contributed by atoms with van der Waals surface area (Å²) in [6, 6.07) is 5.40. The average molecular weight is 365 g/mol. The van der Waals surface area contributed by atoms with E-state index in [0.29, 0.717) is 40.7 Å². The van der Waals surface area contributed by atoms with E-state index < -0.39 is 0 Å². The number of benzene rings is 1. The van der Waals surface area contributed by atoms with Gasteiger partial charge in [-0.1, -0.05) is 19.8 Å². The molecular weight excluding hydrogens is 338 g/mol. The number of rotatable bonds is 5. The van der Waals surface area contributed by atoms with Crippen LogP contribution in [0.4, 0.5) is 0 Å². The van der Waals surface area contributed by atoms with Gasteiger partial charge >= 0.3 is 0 Å². The molecule has 2 rings (SSSR count). The number of carbonyl (C=O) groups excluding carboxylic acids is 1. The first-order chi connectivity index (χ1) is 12.0. The first-order valence-corrected chi connectivity index (χ1v) is 9.13. The van der Waals surface area contributed by atoms with Gasteiger partial charge in [-0.15, -0.1) is 0 Å². The minimum atomic E-state index is -0.290. The molecule has 1 fully saturated rings. The van der Waals surface area contributed by atoms with E-state index in [4.69, 9.17) is 21.7 Å². The topological polar surface area (TPSA) is 71.6 Å². The Morgan fingerprint density at radius 1 is 1.24 bits per heavy atom. The van der Waals surface area contributed by atoms with Gasteiger partial charge in [0.05, 0.1) is 13.7 Å². The molecule has 1 aliphatic carbocycles. The molecule has 0 aliphatic heterocycles. The molecule has 25 heavy (non-hydrogen) atoms. The van der Waals surface area contributed by atoms with E-state index in [1.54, 1.807) is 25.3 Å². The Balaban J connectivity index is 1.88. The van der Waals surface area contributed by atoms with Gasteiger partial charge in [0.1, 0.15) is 0 Å². The smallest absolute Gasteiger partial charge is 0.269 e. The lowest BCUT2D eigenvalue weighted by molar-refractivity contribution is 0.0943. The second kappa shape index (κ2) is 9.46. The van der Waals surface area contributed by atoms with Gasteiger partial charge in [-0.2, -0.15) is 0 Å². The fourth-order valence-electron chi connectivity index (χ4n) is 3.00. The zero-order valence-corrected chi connectivity index (χ0v) is 15.9. The van der Waals surface area contributed by atoms with Crippen LogP contribution in [0, 0.1) is 5.92 Å². The van der Waals surface area contributed by atoms with E-state index in [1.807, 2.05) is 6.92 Å². The summed E-state index contributed by atoms with van der Waals surface area (Å²) in [7, 11) is 1.54. The number of methoxy groups -OCH3 is 1. The van der Waals surface area contributed by atoms with Crippen molar-refractivity contribution in [1.29, 1.82) is 0 Å². The molecule has 0 heterocycles. The number of ether oxygens (including phenoxy) is 2. The second-order valence-corrected chi connectivity index (χ2v) is 6.63. The maximum absolute atomic E-state index is 12.3. The van der Waals surface area contributed by atoms with Crippen molar-refractivity contribution in [3.8, 4) is 11.5 Å². The molecule has 0 radical (unpaired) electrons. The molecule has 1 aromatic carbocycles. The van der Waals surface area contributed by atoms with Crippen LogP contribution in [0.15, 0.2) is 18.2 Å². The highest BCUT2D eigenvalue weighted by molar-refractivity contribution is 7.80. The third-order valence-corrected chi connectivity index (χ3v) is 4.66. The molecule has 1 amide bonds. The first-order valence-electron chi connectivity index (χ1n) is 8.72. The van der Waals surface area contributed by atoms with Crippen LogP contribution in [0.25, 0.3) is 0 Å². The van der Waals surface area contributed by atoms with Crippen LogP contribution >= 0.6 is 12.2 Å². The Bertz CT molecular complexity index is 609. The Hall–Kier alpha value is -2.02. The summed E-state index contributed by atoms with van der Waals surface area (Å²) in [5, 5.41) is 3.72. The lowest BCUT2D eigenvalue weighted by Crippen LogP contribution is -2.51. The molecule has 6 nitrogen and oxygen atoms in total. The van der Waals surface area contributed by atoms with Gasteiger partial charge in [0.15, 0.2) is 16.6 Å². The predicted octanol–water partition coefficient (Wildman–Crippen LogP) is 2.78. The number of amides is 1. The molecule has 3 N–H and O–H groups in total. The monoisotopic (exact) mass is 365 g/mol. The Kier molecular flexibility index (Phi) is 7.31. The van der Waals surface area contributed by atoms with Crippen molar-refractivity contribution in [1.82, 2.24) is 16.2 Å². The number of hydrogen-bond acceptors (Lipinski definition) is 4. The summed E-state index contributed by atoms with van der Waals surface area (Å²) in [5.74, 6) is 1.42. The molecule has 0 saturated heterocycles. The largest absolute Gasteiger partial charge is 0.493 e. The van der Waals surface area contributed by atoms with Crippen LogP contribution in [0.5, 0.6) is 11.5 Å². The normalized spacial score (nSPS) is 19.6. The molecule has 0 aromatic heterocycles. The van der Waals surface area contributed by atoms with E-state index in [2.05, 4.69) is 23.1 Å². The van der Waals surface area contributed by atoms with Crippen molar-refractivity contribution in [2.45, 2.75) is 45.6 Å². The minimum absolute atomic E-state index is 0.290. The summed E-state index contributed by atoms with van der Waals surface area (Å²) in [6.45, 7) is 4.65. The highest BCUT2D eigenvalue weighted by Gasteiger charge is 2.21. The molecule has 0 spiro atoms. The van der Waals surface area contributed by atoms with Gasteiger partial charge in [0.2, 0.25) is 0 Å². The van der Waals surface area contributed by atoms with E-state index in [1.165, 1.54) is 19.3 Å². The number of thiocarbonyl (C=S) groups is 1. The Morgan fingerprint density at radius 2 is 2.00 bits per heavy atom. The Labute approximate surface area is 154 Å². The standard InChI is InChI=1S/C18H27N3O3S/c1-4-24-15-10-9-13(11-16(15)23-3)17(22)20-21-18(25)19-14-8-6-5-7-12(14)2/h9-12,14H,4-8H2,1-3H3,(H,20,22)(H2,19,21,25)/t12-,14+/m0/s1. The Morgan fingerprint density at radius 3 is 2.68 bits per heavy atom. The van der Waals surface area contributed by atoms with Crippen molar-refractivity contribution in [2.24, 2.45) is 5.92 Å². The van der Waals surface area contributed by atoms with Crippen LogP contribution in [0.1, 0.15) is 49.9 Å². The highest BCUT2D eigenvalue weighted by Crippen LogP contribution is 2.28. The van der Waals surface area contributed by atoms with Gasteiger partial charge in [0.25, 0.3) is 5.91 Å². The van der Waals surface area contributed by atoms with Crippen molar-refractivity contribution in [2.75, 3.05) is 13.7 Å². The number of hydrazine groups is 1. The van der Waals surface area contributed by atoms with Gasteiger partial charge in [-0.05, 0) is 56.1 Å². The molecular formula is C18H27N3O3S. The zero-order valence-electron chi connectivity index (χ0n) is 15.1. The third-order valence-electron chi connectivity index (χ3n) is 4.44. The summed E-state index contributed by atoms with van der Waals surface area (Å²) in [4.78, 5) is 12.3. The maximum atomic E-state index is 12.3. The summed E-state index contributed by atoms with van der Waals surface area (Å²) in [6.07, 6.45) is 4.80. The molecule has 7 heteroatoms. The molecule has 1 aromatic rings. The predicted molar refractivity (Wildman–Crippen MR) is 102 cm³/mol. The summed E-state index contributed by atoms with van der Waals surface area (Å²) < 4.78 is 10.7. The van der Waals surface area contributed by atoms with Crippen LogP contribution in [0.3, 0.4) is 0 Å².